The number of fused-ring (bicyclic) bond motifs is 1. The Bertz CT molecular complexity index is 1020. The van der Waals surface area contributed by atoms with Crippen molar-refractivity contribution in [1.29, 1.82) is 0 Å². The molecular weight excluding hydrogens is 425 g/mol. The van der Waals surface area contributed by atoms with Crippen molar-refractivity contribution in [2.75, 3.05) is 13.7 Å². The van der Waals surface area contributed by atoms with Crippen LogP contribution in [0.4, 0.5) is 4.39 Å². The number of hydrogen-bond acceptors (Lipinski definition) is 5. The molecule has 0 aromatic heterocycles. The molecule has 0 unspecified atom stereocenters. The van der Waals surface area contributed by atoms with Crippen LogP contribution in [0.1, 0.15) is 18.1 Å². The second kappa shape index (κ2) is 7.16. The number of benzene rings is 2. The quantitative estimate of drug-likeness (QED) is 0.540. The summed E-state index contributed by atoms with van der Waals surface area (Å²) in [5.41, 5.74) is 1.10. The first-order valence-corrected chi connectivity index (χ1v) is 9.89. The van der Waals surface area contributed by atoms with Crippen molar-refractivity contribution >= 4 is 38.0 Å². The molecule has 6 nitrogen and oxygen atoms in total. The maximum Gasteiger partial charge on any atom is 0.285 e. The van der Waals surface area contributed by atoms with Crippen LogP contribution in [0.3, 0.4) is 0 Å². The van der Waals surface area contributed by atoms with Crippen molar-refractivity contribution < 1.29 is 17.5 Å². The smallest absolute Gasteiger partial charge is 0.285 e. The molecule has 2 aromatic rings. The van der Waals surface area contributed by atoms with E-state index in [1.165, 1.54) is 36.5 Å². The molecule has 3 rings (SSSR count). The van der Waals surface area contributed by atoms with Crippen LogP contribution >= 0.6 is 15.9 Å². The number of rotatable bonds is 4. The Kier molecular flexibility index (Phi) is 5.10. The zero-order chi connectivity index (χ0) is 18.9. The number of hydrogen-bond donors (Lipinski definition) is 0. The fourth-order valence-corrected chi connectivity index (χ4v) is 4.22. The van der Waals surface area contributed by atoms with Crippen molar-refractivity contribution in [3.63, 3.8) is 0 Å². The van der Waals surface area contributed by atoms with Crippen LogP contribution in [0.5, 0.6) is 5.75 Å². The van der Waals surface area contributed by atoms with Crippen LogP contribution in [0.25, 0.3) is 0 Å². The van der Waals surface area contributed by atoms with Crippen molar-refractivity contribution in [2.45, 2.75) is 11.8 Å². The van der Waals surface area contributed by atoms with Crippen LogP contribution in [0.15, 0.2) is 55.3 Å². The van der Waals surface area contributed by atoms with E-state index in [1.807, 2.05) is 6.92 Å². The van der Waals surface area contributed by atoms with Gasteiger partial charge in [-0.05, 0) is 42.8 Å². The average Bonchev–Trinajstić information content (AvgIpc) is 2.87. The Labute approximate surface area is 159 Å². The van der Waals surface area contributed by atoms with Gasteiger partial charge >= 0.3 is 0 Å². The molecular formula is C17H15BrFN3O3S. The zero-order valence-corrected chi connectivity index (χ0v) is 16.4. The molecule has 0 spiro atoms. The summed E-state index contributed by atoms with van der Waals surface area (Å²) in [4.78, 5) is 0.138. The van der Waals surface area contributed by atoms with Gasteiger partial charge in [0, 0.05) is 16.6 Å². The minimum Gasteiger partial charge on any atom is -0.494 e. The lowest BCUT2D eigenvalue weighted by molar-refractivity contribution is 0.386. The van der Waals surface area contributed by atoms with Gasteiger partial charge in [0.2, 0.25) is 0 Å². The van der Waals surface area contributed by atoms with E-state index >= 15 is 0 Å². The van der Waals surface area contributed by atoms with Gasteiger partial charge in [-0.1, -0.05) is 22.0 Å². The van der Waals surface area contributed by atoms with Crippen LogP contribution in [-0.2, 0) is 10.0 Å². The fraction of sp³-hybridized carbons (Fsp3) is 0.176. The van der Waals surface area contributed by atoms with Crippen LogP contribution < -0.4 is 4.74 Å². The van der Waals surface area contributed by atoms with Crippen molar-refractivity contribution in [3.8, 4) is 5.75 Å². The highest BCUT2D eigenvalue weighted by atomic mass is 79.9. The van der Waals surface area contributed by atoms with E-state index in [4.69, 9.17) is 4.74 Å². The van der Waals surface area contributed by atoms with Gasteiger partial charge < -0.3 is 4.74 Å². The molecule has 0 radical (unpaired) electrons. The number of nitrogens with zero attached hydrogens (tertiary/aromatic N) is 3. The zero-order valence-electron chi connectivity index (χ0n) is 14.0. The molecule has 1 heterocycles. The summed E-state index contributed by atoms with van der Waals surface area (Å²) >= 11 is 3.27. The number of sulfonamides is 1. The van der Waals surface area contributed by atoms with E-state index < -0.39 is 15.8 Å². The van der Waals surface area contributed by atoms with E-state index in [0.717, 1.165) is 0 Å². The highest BCUT2D eigenvalue weighted by Crippen LogP contribution is 2.30. The lowest BCUT2D eigenvalue weighted by Gasteiger charge is -2.16. The molecule has 1 aliphatic heterocycles. The summed E-state index contributed by atoms with van der Waals surface area (Å²) in [6, 6.07) is 9.28. The monoisotopic (exact) mass is 439 g/mol. The van der Waals surface area contributed by atoms with Crippen molar-refractivity contribution in [3.05, 3.63) is 57.8 Å². The molecule has 0 bridgehead atoms. The molecule has 26 heavy (non-hydrogen) atoms. The Morgan fingerprint density at radius 2 is 2.08 bits per heavy atom. The fourth-order valence-electron chi connectivity index (χ4n) is 2.47. The van der Waals surface area contributed by atoms with Crippen LogP contribution in [0, 0.1) is 5.82 Å². The van der Waals surface area contributed by atoms with Gasteiger partial charge in [-0.3, -0.25) is 0 Å². The summed E-state index contributed by atoms with van der Waals surface area (Å²) in [6.45, 7) is 2.23. The minimum absolute atomic E-state index is 0.105. The molecule has 0 amide bonds. The lowest BCUT2D eigenvalue weighted by atomic mass is 10.2. The molecule has 136 valence electrons. The normalized spacial score (nSPS) is 15.0. The topological polar surface area (TPSA) is 71.3 Å². The van der Waals surface area contributed by atoms with E-state index in [-0.39, 0.29) is 16.5 Å². The third kappa shape index (κ3) is 3.49. The number of hydrazone groups is 1. The Hall–Kier alpha value is -2.26. The van der Waals surface area contributed by atoms with Crippen molar-refractivity contribution in [1.82, 2.24) is 5.01 Å². The van der Waals surface area contributed by atoms with Gasteiger partial charge in [-0.25, -0.2) is 9.40 Å². The van der Waals surface area contributed by atoms with Crippen molar-refractivity contribution in [2.24, 2.45) is 9.50 Å². The van der Waals surface area contributed by atoms with Gasteiger partial charge in [0.05, 0.1) is 13.3 Å². The molecule has 0 atom stereocenters. The molecule has 2 aromatic carbocycles. The number of amidine groups is 1. The molecule has 1 aliphatic rings. The summed E-state index contributed by atoms with van der Waals surface area (Å²) in [5.74, 6) is -0.115. The summed E-state index contributed by atoms with van der Waals surface area (Å²) in [6.07, 6.45) is 1.50. The third-order valence-electron chi connectivity index (χ3n) is 3.73. The van der Waals surface area contributed by atoms with E-state index in [0.29, 0.717) is 22.1 Å². The summed E-state index contributed by atoms with van der Waals surface area (Å²) in [5, 5.41) is 5.79. The summed E-state index contributed by atoms with van der Waals surface area (Å²) < 4.78 is 47.5. The van der Waals surface area contributed by atoms with Gasteiger partial charge in [-0.2, -0.15) is 13.5 Å². The Morgan fingerprint density at radius 3 is 2.77 bits per heavy atom. The summed E-state index contributed by atoms with van der Waals surface area (Å²) in [7, 11) is -2.38. The van der Waals surface area contributed by atoms with E-state index in [2.05, 4.69) is 25.4 Å². The van der Waals surface area contributed by atoms with E-state index in [9.17, 15) is 12.8 Å². The van der Waals surface area contributed by atoms with Crippen LogP contribution in [0.2, 0.25) is 0 Å². The lowest BCUT2D eigenvalue weighted by Crippen LogP contribution is -2.25. The molecule has 9 heteroatoms. The second-order valence-corrected chi connectivity index (χ2v) is 7.87. The van der Waals surface area contributed by atoms with Crippen LogP contribution in [-0.4, -0.2) is 39.1 Å². The highest BCUT2D eigenvalue weighted by Gasteiger charge is 2.31. The first kappa shape index (κ1) is 18.5. The van der Waals surface area contributed by atoms with Gasteiger partial charge in [0.25, 0.3) is 10.0 Å². The van der Waals surface area contributed by atoms with Gasteiger partial charge in [-0.15, -0.1) is 4.40 Å². The molecule has 0 saturated carbocycles. The minimum atomic E-state index is -3.76. The van der Waals surface area contributed by atoms with E-state index in [1.54, 1.807) is 18.2 Å². The Balaban J connectivity index is 1.96. The maximum absolute atomic E-state index is 13.5. The first-order valence-electron chi connectivity index (χ1n) is 7.65. The second-order valence-electron chi connectivity index (χ2n) is 5.38. The Morgan fingerprint density at radius 1 is 1.31 bits per heavy atom. The molecule has 0 saturated heterocycles. The van der Waals surface area contributed by atoms with Gasteiger partial charge in [0.15, 0.2) is 17.4 Å². The molecule has 0 aliphatic carbocycles. The predicted molar refractivity (Wildman–Crippen MR) is 101 cm³/mol. The van der Waals surface area contributed by atoms with Gasteiger partial charge in [0.1, 0.15) is 4.90 Å². The predicted octanol–water partition coefficient (Wildman–Crippen LogP) is 3.40. The third-order valence-corrected chi connectivity index (χ3v) is 5.53. The first-order chi connectivity index (χ1) is 12.4. The largest absolute Gasteiger partial charge is 0.494 e. The number of halogens is 2. The molecule has 0 N–H and O–H groups in total. The highest BCUT2D eigenvalue weighted by molar-refractivity contribution is 9.10. The molecule has 0 fully saturated rings. The SMILES string of the molecule is CCN(/N=C/c1ccc(F)c(OC)c1)C1=NS(=O)(=O)c2cc(Br)ccc21. The number of methoxy groups -OCH3 is 1. The average molecular weight is 440 g/mol. The number of ether oxygens (including phenoxy) is 1. The standard InChI is InChI=1S/C17H15BrFN3O3S/c1-3-22(20-10-11-4-7-14(19)15(8-11)25-2)17-13-6-5-12(18)9-16(13)26(23,24)21-17/h4-10H,3H2,1-2H3/b20-10+. The maximum atomic E-state index is 13.5.